The molecular weight excluding hydrogens is 359 g/mol. The Labute approximate surface area is 134 Å². The van der Waals surface area contributed by atoms with Gasteiger partial charge in [-0.05, 0) is 25.5 Å². The first-order valence-electron chi connectivity index (χ1n) is 6.08. The molecule has 0 fully saturated rings. The molecule has 0 aliphatic rings. The highest BCUT2D eigenvalue weighted by Gasteiger charge is 2.48. The molecule has 0 radical (unpaired) electrons. The molecule has 2 aromatic heterocycles. The lowest BCUT2D eigenvalue weighted by Gasteiger charge is -2.11. The van der Waals surface area contributed by atoms with Gasteiger partial charge in [-0.1, -0.05) is 11.6 Å². The molecule has 6 nitrogen and oxygen atoms in total. The minimum Gasteiger partial charge on any atom is -0.480 e. The standard InChI is InChI=1S/C12H11ClF3N3O3S/c1-6-4-8(13)11(22-3)18-10(6)19-7(2)9(5-17-19)23(20,21)12(14,15)16/h4-5H,1-3H3. The van der Waals surface area contributed by atoms with Crippen LogP contribution in [-0.4, -0.2) is 35.8 Å². The van der Waals surface area contributed by atoms with Gasteiger partial charge in [0, 0.05) is 0 Å². The Morgan fingerprint density at radius 1 is 1.30 bits per heavy atom. The van der Waals surface area contributed by atoms with Crippen molar-refractivity contribution < 1.29 is 26.3 Å². The van der Waals surface area contributed by atoms with Crippen LogP contribution in [0.25, 0.3) is 5.82 Å². The van der Waals surface area contributed by atoms with Crippen molar-refractivity contribution in [3.63, 3.8) is 0 Å². The first-order valence-corrected chi connectivity index (χ1v) is 7.94. The molecule has 0 atom stereocenters. The van der Waals surface area contributed by atoms with E-state index >= 15 is 0 Å². The molecule has 126 valence electrons. The normalized spacial score (nSPS) is 12.5. The number of rotatable bonds is 3. The average Bonchev–Trinajstić information content (AvgIpc) is 2.80. The molecule has 0 saturated heterocycles. The molecule has 0 aromatic carbocycles. The number of ether oxygens (including phenoxy) is 1. The van der Waals surface area contributed by atoms with E-state index in [1.54, 1.807) is 6.92 Å². The van der Waals surface area contributed by atoms with Gasteiger partial charge in [-0.15, -0.1) is 0 Å². The van der Waals surface area contributed by atoms with Gasteiger partial charge >= 0.3 is 5.51 Å². The van der Waals surface area contributed by atoms with E-state index < -0.39 is 20.2 Å². The summed E-state index contributed by atoms with van der Waals surface area (Å²) in [6.45, 7) is 2.81. The number of alkyl halides is 3. The van der Waals surface area contributed by atoms with Crippen molar-refractivity contribution in [2.45, 2.75) is 24.3 Å². The van der Waals surface area contributed by atoms with E-state index in [4.69, 9.17) is 16.3 Å². The number of hydrogen-bond acceptors (Lipinski definition) is 5. The number of halogens is 4. The number of sulfone groups is 1. The third-order valence-corrected chi connectivity index (χ3v) is 4.92. The van der Waals surface area contributed by atoms with Crippen molar-refractivity contribution in [2.24, 2.45) is 0 Å². The van der Waals surface area contributed by atoms with Crippen LogP contribution in [0.3, 0.4) is 0 Å². The Morgan fingerprint density at radius 2 is 1.91 bits per heavy atom. The van der Waals surface area contributed by atoms with Crippen LogP contribution in [0, 0.1) is 13.8 Å². The van der Waals surface area contributed by atoms with Crippen molar-refractivity contribution >= 4 is 21.4 Å². The van der Waals surface area contributed by atoms with Gasteiger partial charge in [0.15, 0.2) is 5.82 Å². The zero-order valence-corrected chi connectivity index (χ0v) is 13.7. The van der Waals surface area contributed by atoms with Crippen LogP contribution in [0.1, 0.15) is 11.3 Å². The summed E-state index contributed by atoms with van der Waals surface area (Å²) in [7, 11) is -4.18. The van der Waals surface area contributed by atoms with Gasteiger partial charge in [-0.2, -0.15) is 23.3 Å². The van der Waals surface area contributed by atoms with Crippen molar-refractivity contribution in [1.29, 1.82) is 0 Å². The van der Waals surface area contributed by atoms with Crippen molar-refractivity contribution in [3.05, 3.63) is 28.5 Å². The molecule has 11 heteroatoms. The molecular formula is C12H11ClF3N3O3S. The fourth-order valence-corrected chi connectivity index (χ4v) is 3.10. The summed E-state index contributed by atoms with van der Waals surface area (Å²) in [5.74, 6) is 0.162. The first kappa shape index (κ1) is 17.5. The van der Waals surface area contributed by atoms with E-state index in [-0.39, 0.29) is 22.4 Å². The monoisotopic (exact) mass is 369 g/mol. The molecule has 0 spiro atoms. The highest BCUT2D eigenvalue weighted by atomic mass is 35.5. The second-order valence-corrected chi connectivity index (χ2v) is 6.89. The second-order valence-electron chi connectivity index (χ2n) is 4.58. The van der Waals surface area contributed by atoms with Crippen LogP contribution in [0.4, 0.5) is 13.2 Å². The molecule has 0 bridgehead atoms. The lowest BCUT2D eigenvalue weighted by atomic mass is 10.3. The van der Waals surface area contributed by atoms with Gasteiger partial charge in [-0.3, -0.25) is 0 Å². The van der Waals surface area contributed by atoms with Crippen molar-refractivity contribution in [1.82, 2.24) is 14.8 Å². The molecule has 2 heterocycles. The molecule has 0 saturated carbocycles. The van der Waals surface area contributed by atoms with E-state index in [9.17, 15) is 21.6 Å². The summed E-state index contributed by atoms with van der Waals surface area (Å²) in [5, 5.41) is 3.92. The quantitative estimate of drug-likeness (QED) is 0.831. The maximum Gasteiger partial charge on any atom is 0.502 e. The fraction of sp³-hybridized carbons (Fsp3) is 0.333. The van der Waals surface area contributed by atoms with E-state index in [0.29, 0.717) is 11.8 Å². The predicted molar refractivity (Wildman–Crippen MR) is 75.6 cm³/mol. The molecule has 0 N–H and O–H groups in total. The van der Waals surface area contributed by atoms with Crippen LogP contribution in [0.5, 0.6) is 5.88 Å². The van der Waals surface area contributed by atoms with Crippen LogP contribution in [0.15, 0.2) is 17.2 Å². The Hall–Kier alpha value is -1.81. The van der Waals surface area contributed by atoms with Crippen LogP contribution in [-0.2, 0) is 9.84 Å². The van der Waals surface area contributed by atoms with E-state index in [2.05, 4.69) is 10.1 Å². The maximum atomic E-state index is 12.7. The summed E-state index contributed by atoms with van der Waals surface area (Å²) in [5.41, 5.74) is -5.15. The lowest BCUT2D eigenvalue weighted by Crippen LogP contribution is -2.23. The number of aryl methyl sites for hydroxylation is 1. The summed E-state index contributed by atoms with van der Waals surface area (Å²) in [6, 6.07) is 1.49. The Morgan fingerprint density at radius 3 is 2.43 bits per heavy atom. The summed E-state index contributed by atoms with van der Waals surface area (Å²) >= 11 is 5.90. The summed E-state index contributed by atoms with van der Waals surface area (Å²) in [6.07, 6.45) is 0.639. The smallest absolute Gasteiger partial charge is 0.480 e. The second kappa shape index (κ2) is 5.68. The molecule has 0 amide bonds. The SMILES string of the molecule is COc1nc(-n2ncc(S(=O)(=O)C(F)(F)F)c2C)c(C)cc1Cl. The minimum atomic E-state index is -5.50. The van der Waals surface area contributed by atoms with Crippen molar-refractivity contribution in [3.8, 4) is 11.7 Å². The number of methoxy groups -OCH3 is 1. The Balaban J connectivity index is 2.66. The Bertz CT molecular complexity index is 862. The van der Waals surface area contributed by atoms with E-state index in [1.807, 2.05) is 0 Å². The molecule has 2 rings (SSSR count). The lowest BCUT2D eigenvalue weighted by molar-refractivity contribution is -0.0436. The predicted octanol–water partition coefficient (Wildman–Crippen LogP) is 2.84. The van der Waals surface area contributed by atoms with Gasteiger partial charge in [0.2, 0.25) is 5.88 Å². The van der Waals surface area contributed by atoms with Crippen LogP contribution >= 0.6 is 11.6 Å². The zero-order valence-electron chi connectivity index (χ0n) is 12.1. The number of aromatic nitrogens is 3. The van der Waals surface area contributed by atoms with Gasteiger partial charge in [0.25, 0.3) is 9.84 Å². The minimum absolute atomic E-state index is 0.0439. The van der Waals surface area contributed by atoms with Gasteiger partial charge in [0.05, 0.1) is 19.0 Å². The average molecular weight is 370 g/mol. The fourth-order valence-electron chi connectivity index (χ4n) is 1.91. The topological polar surface area (TPSA) is 74.1 Å². The number of nitrogens with zero attached hydrogens (tertiary/aromatic N) is 3. The zero-order chi connectivity index (χ0) is 17.6. The maximum absolute atomic E-state index is 12.7. The van der Waals surface area contributed by atoms with Gasteiger partial charge in [0.1, 0.15) is 9.92 Å². The molecule has 23 heavy (non-hydrogen) atoms. The number of hydrogen-bond donors (Lipinski definition) is 0. The summed E-state index contributed by atoms with van der Waals surface area (Å²) < 4.78 is 67.1. The summed E-state index contributed by atoms with van der Waals surface area (Å²) in [4.78, 5) is 3.12. The Kier molecular flexibility index (Phi) is 4.33. The third kappa shape index (κ3) is 2.88. The van der Waals surface area contributed by atoms with Gasteiger partial charge in [-0.25, -0.2) is 13.1 Å². The number of pyridine rings is 1. The highest BCUT2D eigenvalue weighted by Crippen LogP contribution is 2.33. The van der Waals surface area contributed by atoms with Crippen LogP contribution < -0.4 is 4.74 Å². The van der Waals surface area contributed by atoms with Crippen molar-refractivity contribution in [2.75, 3.05) is 7.11 Å². The molecule has 0 unspecified atom stereocenters. The molecule has 0 aliphatic carbocycles. The van der Waals surface area contributed by atoms with Crippen LogP contribution in [0.2, 0.25) is 5.02 Å². The first-order chi connectivity index (χ1) is 10.5. The molecule has 2 aromatic rings. The largest absolute Gasteiger partial charge is 0.502 e. The van der Waals surface area contributed by atoms with E-state index in [1.165, 1.54) is 20.1 Å². The van der Waals surface area contributed by atoms with E-state index in [0.717, 1.165) is 4.68 Å². The highest BCUT2D eigenvalue weighted by molar-refractivity contribution is 7.92. The molecule has 0 aliphatic heterocycles. The van der Waals surface area contributed by atoms with Gasteiger partial charge < -0.3 is 4.74 Å². The third-order valence-electron chi connectivity index (χ3n) is 3.06.